The number of fused-ring (bicyclic) bond motifs is 1. The standard InChI is InChI=1S/C11H13N3O3S/c12-8-2-1-3-9-10(8)13-11(17-9)14-4-6-18(15,16)7-5-14/h1-3H,4-7,12H2. The lowest BCUT2D eigenvalue weighted by Gasteiger charge is -2.24. The third kappa shape index (κ3) is 1.90. The fourth-order valence-electron chi connectivity index (χ4n) is 2.00. The first-order valence-electron chi connectivity index (χ1n) is 5.65. The third-order valence-electron chi connectivity index (χ3n) is 3.05. The van der Waals surface area contributed by atoms with Crippen LogP contribution in [-0.2, 0) is 9.84 Å². The fraction of sp³-hybridized carbons (Fsp3) is 0.364. The van der Waals surface area contributed by atoms with E-state index < -0.39 is 9.84 Å². The summed E-state index contributed by atoms with van der Waals surface area (Å²) in [7, 11) is -2.90. The summed E-state index contributed by atoms with van der Waals surface area (Å²) in [6.07, 6.45) is 0. The summed E-state index contributed by atoms with van der Waals surface area (Å²) >= 11 is 0. The normalized spacial score (nSPS) is 19.2. The zero-order chi connectivity index (χ0) is 12.8. The summed E-state index contributed by atoms with van der Waals surface area (Å²) in [5, 5.41) is 0. The number of benzene rings is 1. The molecule has 6 nitrogen and oxygen atoms in total. The van der Waals surface area contributed by atoms with Crippen LogP contribution in [0.4, 0.5) is 11.7 Å². The topological polar surface area (TPSA) is 89.4 Å². The molecular formula is C11H13N3O3S. The zero-order valence-corrected chi connectivity index (χ0v) is 10.5. The highest BCUT2D eigenvalue weighted by Gasteiger charge is 2.24. The number of aromatic nitrogens is 1. The van der Waals surface area contributed by atoms with Crippen LogP contribution >= 0.6 is 0 Å². The molecule has 1 aliphatic heterocycles. The second kappa shape index (κ2) is 3.88. The van der Waals surface area contributed by atoms with E-state index in [1.807, 2.05) is 4.90 Å². The molecule has 0 bridgehead atoms. The van der Waals surface area contributed by atoms with Gasteiger partial charge in [-0.2, -0.15) is 4.98 Å². The summed E-state index contributed by atoms with van der Waals surface area (Å²) < 4.78 is 28.3. The molecule has 7 heteroatoms. The van der Waals surface area contributed by atoms with Gasteiger partial charge in [-0.1, -0.05) is 6.07 Å². The molecular weight excluding hydrogens is 254 g/mol. The summed E-state index contributed by atoms with van der Waals surface area (Å²) in [6.45, 7) is 0.824. The van der Waals surface area contributed by atoms with Crippen LogP contribution in [-0.4, -0.2) is 38.0 Å². The van der Waals surface area contributed by atoms with Crippen molar-refractivity contribution >= 4 is 32.6 Å². The molecule has 1 aromatic heterocycles. The first-order valence-corrected chi connectivity index (χ1v) is 7.48. The quantitative estimate of drug-likeness (QED) is 0.763. The molecule has 0 amide bonds. The van der Waals surface area contributed by atoms with Crippen LogP contribution in [0, 0.1) is 0 Å². The molecule has 0 spiro atoms. The van der Waals surface area contributed by atoms with Crippen molar-refractivity contribution in [3.8, 4) is 0 Å². The zero-order valence-electron chi connectivity index (χ0n) is 9.67. The minimum absolute atomic E-state index is 0.140. The molecule has 18 heavy (non-hydrogen) atoms. The maximum absolute atomic E-state index is 11.4. The van der Waals surface area contributed by atoms with Gasteiger partial charge in [0.15, 0.2) is 15.4 Å². The lowest BCUT2D eigenvalue weighted by atomic mass is 10.3. The first-order chi connectivity index (χ1) is 8.55. The summed E-state index contributed by atoms with van der Waals surface area (Å²) in [5.74, 6) is 0.280. The van der Waals surface area contributed by atoms with Gasteiger partial charge in [0.05, 0.1) is 17.2 Å². The van der Waals surface area contributed by atoms with Gasteiger partial charge in [-0.05, 0) is 12.1 Å². The Bertz CT molecular complexity index is 679. The number of oxazole rings is 1. The number of hydrogen-bond acceptors (Lipinski definition) is 6. The van der Waals surface area contributed by atoms with E-state index in [0.717, 1.165) is 0 Å². The van der Waals surface area contributed by atoms with Gasteiger partial charge in [0.2, 0.25) is 0 Å². The van der Waals surface area contributed by atoms with Gasteiger partial charge < -0.3 is 15.1 Å². The SMILES string of the molecule is Nc1cccc2oc(N3CCS(=O)(=O)CC3)nc12. The van der Waals surface area contributed by atoms with Crippen molar-refractivity contribution in [2.24, 2.45) is 0 Å². The van der Waals surface area contributed by atoms with Gasteiger partial charge in [-0.3, -0.25) is 0 Å². The van der Waals surface area contributed by atoms with Crippen molar-refractivity contribution < 1.29 is 12.8 Å². The molecule has 0 saturated carbocycles. The van der Waals surface area contributed by atoms with E-state index >= 15 is 0 Å². The molecule has 2 heterocycles. The monoisotopic (exact) mass is 267 g/mol. The molecule has 3 rings (SSSR count). The van der Waals surface area contributed by atoms with Crippen LogP contribution in [0.2, 0.25) is 0 Å². The highest BCUT2D eigenvalue weighted by molar-refractivity contribution is 7.91. The van der Waals surface area contributed by atoms with E-state index in [1.54, 1.807) is 18.2 Å². The van der Waals surface area contributed by atoms with Crippen LogP contribution in [0.5, 0.6) is 0 Å². The van der Waals surface area contributed by atoms with Gasteiger partial charge in [0, 0.05) is 13.1 Å². The summed E-state index contributed by atoms with van der Waals surface area (Å²) in [5.41, 5.74) is 7.62. The smallest absolute Gasteiger partial charge is 0.298 e. The maximum Gasteiger partial charge on any atom is 0.298 e. The Morgan fingerprint density at radius 2 is 2.00 bits per heavy atom. The molecule has 0 aliphatic carbocycles. The van der Waals surface area contributed by atoms with E-state index in [-0.39, 0.29) is 11.5 Å². The predicted octanol–water partition coefficient (Wildman–Crippen LogP) is 0.645. The molecule has 2 N–H and O–H groups in total. The number of sulfone groups is 1. The Kier molecular flexibility index (Phi) is 2.44. The second-order valence-corrected chi connectivity index (χ2v) is 6.63. The van der Waals surface area contributed by atoms with Crippen molar-refractivity contribution in [2.45, 2.75) is 0 Å². The van der Waals surface area contributed by atoms with Gasteiger partial charge in [-0.25, -0.2) is 8.42 Å². The molecule has 1 fully saturated rings. The molecule has 96 valence electrons. The Balaban J connectivity index is 1.94. The molecule has 0 atom stereocenters. The van der Waals surface area contributed by atoms with Crippen molar-refractivity contribution in [3.63, 3.8) is 0 Å². The van der Waals surface area contributed by atoms with E-state index in [2.05, 4.69) is 4.98 Å². The number of nitrogen functional groups attached to an aromatic ring is 1. The van der Waals surface area contributed by atoms with Gasteiger partial charge in [-0.15, -0.1) is 0 Å². The largest absolute Gasteiger partial charge is 0.423 e. The number of para-hydroxylation sites is 1. The van der Waals surface area contributed by atoms with Crippen molar-refractivity contribution in [3.05, 3.63) is 18.2 Å². The van der Waals surface area contributed by atoms with E-state index in [4.69, 9.17) is 10.2 Å². The molecule has 1 aromatic carbocycles. The maximum atomic E-state index is 11.4. The molecule has 0 radical (unpaired) electrons. The average Bonchev–Trinajstić information content (AvgIpc) is 2.74. The Morgan fingerprint density at radius 3 is 2.67 bits per heavy atom. The summed E-state index contributed by atoms with van der Waals surface area (Å²) in [4.78, 5) is 6.16. The number of nitrogens with zero attached hydrogens (tertiary/aromatic N) is 2. The molecule has 0 unspecified atom stereocenters. The highest BCUT2D eigenvalue weighted by atomic mass is 32.2. The van der Waals surface area contributed by atoms with Gasteiger partial charge in [0.25, 0.3) is 6.01 Å². The fourth-order valence-corrected chi connectivity index (χ4v) is 3.20. The average molecular weight is 267 g/mol. The van der Waals surface area contributed by atoms with Crippen LogP contribution in [0.25, 0.3) is 11.1 Å². The second-order valence-electron chi connectivity index (χ2n) is 4.33. The molecule has 2 aromatic rings. The Labute approximate surface area is 104 Å². The van der Waals surface area contributed by atoms with Crippen molar-refractivity contribution in [2.75, 3.05) is 35.2 Å². The van der Waals surface area contributed by atoms with Gasteiger partial charge in [0.1, 0.15) is 5.52 Å². The lowest BCUT2D eigenvalue weighted by molar-refractivity contribution is 0.556. The Hall–Kier alpha value is -1.76. The predicted molar refractivity (Wildman–Crippen MR) is 69.3 cm³/mol. The van der Waals surface area contributed by atoms with E-state index in [0.29, 0.717) is 35.9 Å². The molecule has 1 saturated heterocycles. The van der Waals surface area contributed by atoms with Crippen molar-refractivity contribution in [1.29, 1.82) is 0 Å². The number of anilines is 2. The number of rotatable bonds is 1. The lowest BCUT2D eigenvalue weighted by Crippen LogP contribution is -2.40. The van der Waals surface area contributed by atoms with Crippen LogP contribution in [0.3, 0.4) is 0 Å². The summed E-state index contributed by atoms with van der Waals surface area (Å²) in [6, 6.07) is 5.80. The molecule has 1 aliphatic rings. The van der Waals surface area contributed by atoms with Crippen LogP contribution in [0.15, 0.2) is 22.6 Å². The number of nitrogens with two attached hydrogens (primary N) is 1. The highest BCUT2D eigenvalue weighted by Crippen LogP contribution is 2.26. The van der Waals surface area contributed by atoms with E-state index in [1.165, 1.54) is 0 Å². The van der Waals surface area contributed by atoms with Crippen LogP contribution in [0.1, 0.15) is 0 Å². The van der Waals surface area contributed by atoms with Gasteiger partial charge >= 0.3 is 0 Å². The first kappa shape index (κ1) is 11.3. The minimum atomic E-state index is -2.90. The van der Waals surface area contributed by atoms with Crippen molar-refractivity contribution in [1.82, 2.24) is 4.98 Å². The third-order valence-corrected chi connectivity index (χ3v) is 4.66. The number of hydrogen-bond donors (Lipinski definition) is 1. The van der Waals surface area contributed by atoms with E-state index in [9.17, 15) is 8.42 Å². The Morgan fingerprint density at radius 1 is 1.28 bits per heavy atom. The minimum Gasteiger partial charge on any atom is -0.423 e. The van der Waals surface area contributed by atoms with Crippen LogP contribution < -0.4 is 10.6 Å².